The van der Waals surface area contributed by atoms with Crippen molar-refractivity contribution in [3.8, 4) is 17.1 Å². The highest BCUT2D eigenvalue weighted by atomic mass is 32.1. The predicted octanol–water partition coefficient (Wildman–Crippen LogP) is 2.84. The van der Waals surface area contributed by atoms with Crippen LogP contribution in [0.4, 0.5) is 5.69 Å². The molecule has 4 aromatic rings. The Labute approximate surface area is 168 Å². The number of aromatic nitrogens is 3. The third kappa shape index (κ3) is 3.76. The van der Waals surface area contributed by atoms with Crippen LogP contribution in [-0.2, 0) is 0 Å². The van der Waals surface area contributed by atoms with Gasteiger partial charge in [-0.15, -0.1) is 5.10 Å². The summed E-state index contributed by atoms with van der Waals surface area (Å²) >= 11 is 1.18. The third-order valence-corrected chi connectivity index (χ3v) is 5.00. The fourth-order valence-corrected chi connectivity index (χ4v) is 3.60. The van der Waals surface area contributed by atoms with Crippen LogP contribution in [0, 0.1) is 10.1 Å². The number of fused-ring (bicyclic) bond motifs is 1. The van der Waals surface area contributed by atoms with Crippen molar-refractivity contribution in [3.05, 3.63) is 91.7 Å². The fourth-order valence-electron chi connectivity index (χ4n) is 2.69. The van der Waals surface area contributed by atoms with Gasteiger partial charge in [0, 0.05) is 17.7 Å². The summed E-state index contributed by atoms with van der Waals surface area (Å²) in [7, 11) is 0. The molecule has 0 aliphatic rings. The van der Waals surface area contributed by atoms with E-state index in [9.17, 15) is 14.9 Å². The summed E-state index contributed by atoms with van der Waals surface area (Å²) in [5.41, 5.74) is 0.973. The number of rotatable bonds is 6. The van der Waals surface area contributed by atoms with Gasteiger partial charge in [0.05, 0.1) is 9.46 Å². The number of benzene rings is 2. The molecule has 4 rings (SSSR count). The minimum atomic E-state index is -0.474. The van der Waals surface area contributed by atoms with Crippen LogP contribution in [0.3, 0.4) is 0 Å². The van der Waals surface area contributed by atoms with Crippen LogP contribution in [-0.4, -0.2) is 26.1 Å². The Morgan fingerprint density at radius 2 is 2.03 bits per heavy atom. The molecule has 0 radical (unpaired) electrons. The summed E-state index contributed by atoms with van der Waals surface area (Å²) in [6, 6.07) is 13.3. The van der Waals surface area contributed by atoms with Gasteiger partial charge in [-0.3, -0.25) is 14.9 Å². The zero-order chi connectivity index (χ0) is 20.4. The molecule has 2 aromatic heterocycles. The number of non-ortho nitro benzene ring substituents is 1. The number of ether oxygens (including phenoxy) is 1. The van der Waals surface area contributed by atoms with Gasteiger partial charge in [-0.25, -0.2) is 0 Å². The Hall–Kier alpha value is -3.85. The smallest absolute Gasteiger partial charge is 0.291 e. The molecule has 0 spiro atoms. The number of hydrogen-bond donors (Lipinski definition) is 0. The van der Waals surface area contributed by atoms with Crippen molar-refractivity contribution in [2.45, 2.75) is 0 Å². The zero-order valence-corrected chi connectivity index (χ0v) is 15.8. The lowest BCUT2D eigenvalue weighted by Crippen LogP contribution is -2.23. The molecule has 0 aliphatic carbocycles. The highest BCUT2D eigenvalue weighted by molar-refractivity contribution is 7.15. The third-order valence-electron chi connectivity index (χ3n) is 4.04. The topological polar surface area (TPSA) is 99.6 Å². The first-order valence-corrected chi connectivity index (χ1v) is 9.37. The molecule has 8 nitrogen and oxygen atoms in total. The normalized spacial score (nSPS) is 11.7. The number of nitrogens with zero attached hydrogens (tertiary/aromatic N) is 4. The van der Waals surface area contributed by atoms with E-state index in [0.717, 1.165) is 5.56 Å². The van der Waals surface area contributed by atoms with Crippen molar-refractivity contribution < 1.29 is 9.66 Å². The van der Waals surface area contributed by atoms with Gasteiger partial charge in [-0.1, -0.05) is 36.1 Å². The van der Waals surface area contributed by atoms with Crippen molar-refractivity contribution in [2.75, 3.05) is 6.61 Å². The average molecular weight is 406 g/mol. The monoisotopic (exact) mass is 406 g/mol. The Morgan fingerprint density at radius 1 is 1.24 bits per heavy atom. The van der Waals surface area contributed by atoms with E-state index >= 15 is 0 Å². The Kier molecular flexibility index (Phi) is 4.88. The van der Waals surface area contributed by atoms with Crippen LogP contribution < -0.4 is 14.8 Å². The van der Waals surface area contributed by atoms with Gasteiger partial charge < -0.3 is 4.74 Å². The van der Waals surface area contributed by atoms with Gasteiger partial charge in [0.15, 0.2) is 5.82 Å². The van der Waals surface area contributed by atoms with E-state index in [-0.39, 0.29) is 11.2 Å². The first kappa shape index (κ1) is 18.5. The lowest BCUT2D eigenvalue weighted by atomic mass is 10.2. The molecule has 0 saturated carbocycles. The van der Waals surface area contributed by atoms with Gasteiger partial charge in [-0.2, -0.15) is 9.50 Å². The van der Waals surface area contributed by atoms with Gasteiger partial charge in [0.25, 0.3) is 11.2 Å². The molecule has 2 heterocycles. The maximum absolute atomic E-state index is 12.6. The fraction of sp³-hybridized carbons (Fsp3) is 0.0500. The summed E-state index contributed by atoms with van der Waals surface area (Å²) in [6.45, 7) is 4.02. The molecule has 0 aliphatic heterocycles. The molecule has 2 aromatic carbocycles. The molecule has 0 amide bonds. The van der Waals surface area contributed by atoms with Gasteiger partial charge in [0.2, 0.25) is 4.96 Å². The number of hydrogen-bond acceptors (Lipinski definition) is 7. The Bertz CT molecular complexity index is 1330. The van der Waals surface area contributed by atoms with E-state index in [1.165, 1.54) is 28.0 Å². The second-order valence-electron chi connectivity index (χ2n) is 6.02. The Balaban J connectivity index is 1.67. The minimum absolute atomic E-state index is 0.0338. The molecule has 0 unspecified atom stereocenters. The minimum Gasteiger partial charge on any atom is -0.490 e. The number of nitro groups is 1. The van der Waals surface area contributed by atoms with Crippen molar-refractivity contribution in [2.24, 2.45) is 0 Å². The lowest BCUT2D eigenvalue weighted by Gasteiger charge is -2.02. The SMILES string of the molecule is C=CCOc1ccc(-c2nc3sc(=Cc4cccc([N+](=O)[O-])c4)c(=O)n3n2)cc1. The quantitative estimate of drug-likeness (QED) is 0.277. The molecule has 0 fully saturated rings. The molecular formula is C20H14N4O4S. The maximum atomic E-state index is 12.6. The second-order valence-corrected chi connectivity index (χ2v) is 7.03. The summed E-state index contributed by atoms with van der Waals surface area (Å²) in [6.07, 6.45) is 3.26. The van der Waals surface area contributed by atoms with Crippen LogP contribution in [0.2, 0.25) is 0 Å². The van der Waals surface area contributed by atoms with E-state index < -0.39 is 4.92 Å². The number of thiazole rings is 1. The molecule has 0 bridgehead atoms. The molecule has 144 valence electrons. The molecule has 0 N–H and O–H groups in total. The van der Waals surface area contributed by atoms with E-state index in [1.807, 2.05) is 12.1 Å². The maximum Gasteiger partial charge on any atom is 0.291 e. The van der Waals surface area contributed by atoms with Gasteiger partial charge in [-0.05, 0) is 35.9 Å². The summed E-state index contributed by atoms with van der Waals surface area (Å²) < 4.78 is 7.09. The average Bonchev–Trinajstić information content (AvgIpc) is 3.27. The first-order chi connectivity index (χ1) is 14.0. The van der Waals surface area contributed by atoms with Gasteiger partial charge in [0.1, 0.15) is 12.4 Å². The zero-order valence-electron chi connectivity index (χ0n) is 15.0. The van der Waals surface area contributed by atoms with Crippen LogP contribution in [0.1, 0.15) is 5.56 Å². The van der Waals surface area contributed by atoms with E-state index in [0.29, 0.717) is 33.2 Å². The van der Waals surface area contributed by atoms with E-state index in [2.05, 4.69) is 16.7 Å². The summed E-state index contributed by atoms with van der Waals surface area (Å²) in [5.74, 6) is 1.14. The van der Waals surface area contributed by atoms with Crippen molar-refractivity contribution in [1.82, 2.24) is 14.6 Å². The van der Waals surface area contributed by atoms with Crippen LogP contribution >= 0.6 is 11.3 Å². The van der Waals surface area contributed by atoms with Crippen molar-refractivity contribution in [1.29, 1.82) is 0 Å². The van der Waals surface area contributed by atoms with Crippen LogP contribution in [0.5, 0.6) is 5.75 Å². The van der Waals surface area contributed by atoms with Crippen LogP contribution in [0.25, 0.3) is 22.4 Å². The first-order valence-electron chi connectivity index (χ1n) is 8.55. The molecule has 9 heteroatoms. The lowest BCUT2D eigenvalue weighted by molar-refractivity contribution is -0.384. The van der Waals surface area contributed by atoms with Gasteiger partial charge >= 0.3 is 0 Å². The highest BCUT2D eigenvalue weighted by Crippen LogP contribution is 2.20. The van der Waals surface area contributed by atoms with E-state index in [4.69, 9.17) is 4.74 Å². The van der Waals surface area contributed by atoms with Crippen LogP contribution in [0.15, 0.2) is 66.0 Å². The molecule has 0 atom stereocenters. The Morgan fingerprint density at radius 3 is 2.72 bits per heavy atom. The summed E-state index contributed by atoms with van der Waals surface area (Å²) in [5, 5.41) is 15.2. The van der Waals surface area contributed by atoms with Crippen molar-refractivity contribution >= 4 is 28.1 Å². The van der Waals surface area contributed by atoms with Crippen molar-refractivity contribution in [3.63, 3.8) is 0 Å². The standard InChI is InChI=1S/C20H14N4O4S/c1-2-10-28-16-8-6-14(7-9-16)18-21-20-23(22-18)19(25)17(29-20)12-13-4-3-5-15(11-13)24(26)27/h2-9,11-12H,1,10H2. The largest absolute Gasteiger partial charge is 0.490 e. The number of nitro benzene ring substituents is 1. The summed E-state index contributed by atoms with van der Waals surface area (Å²) in [4.78, 5) is 28.0. The molecular weight excluding hydrogens is 392 g/mol. The highest BCUT2D eigenvalue weighted by Gasteiger charge is 2.12. The molecule has 0 saturated heterocycles. The second kappa shape index (κ2) is 7.64. The predicted molar refractivity (Wildman–Crippen MR) is 110 cm³/mol. The van der Waals surface area contributed by atoms with E-state index in [1.54, 1.807) is 36.4 Å². The molecule has 29 heavy (non-hydrogen) atoms.